The quantitative estimate of drug-likeness (QED) is 0.547. The van der Waals surface area contributed by atoms with Crippen molar-refractivity contribution in [1.82, 2.24) is 29.4 Å². The standard InChI is InChI=1S/C23H26N6/c1-28-20-9-3-2-8-19(20)27-22(28)15-29(13-11-18-14-24-16-26-18)21-10-4-6-17-7-5-12-25-23(17)21/h2-3,5,7-9,12,14,16,21H,4,6,10-11,13,15H2,1H3,(H,24,26)/t21-/m0/s1. The number of para-hydroxylation sites is 2. The van der Waals surface area contributed by atoms with E-state index in [0.717, 1.165) is 49.4 Å². The zero-order valence-electron chi connectivity index (χ0n) is 16.8. The maximum absolute atomic E-state index is 4.93. The number of nitrogens with zero attached hydrogens (tertiary/aromatic N) is 5. The first-order valence-electron chi connectivity index (χ1n) is 10.3. The highest BCUT2D eigenvalue weighted by molar-refractivity contribution is 5.75. The first-order valence-corrected chi connectivity index (χ1v) is 10.3. The molecule has 0 saturated carbocycles. The Bertz CT molecular complexity index is 1100. The molecule has 0 saturated heterocycles. The molecule has 0 radical (unpaired) electrons. The molecule has 29 heavy (non-hydrogen) atoms. The van der Waals surface area contributed by atoms with Crippen molar-refractivity contribution in [3.63, 3.8) is 0 Å². The number of H-pyrrole nitrogens is 1. The number of hydrogen-bond donors (Lipinski definition) is 1. The number of rotatable bonds is 6. The molecule has 1 N–H and O–H groups in total. The lowest BCUT2D eigenvalue weighted by Gasteiger charge is -2.34. The Morgan fingerprint density at radius 2 is 2.14 bits per heavy atom. The second kappa shape index (κ2) is 7.79. The fourth-order valence-corrected chi connectivity index (χ4v) is 4.49. The molecule has 0 bridgehead atoms. The van der Waals surface area contributed by atoms with E-state index in [9.17, 15) is 0 Å². The Morgan fingerprint density at radius 1 is 1.21 bits per heavy atom. The molecule has 3 heterocycles. The number of aromatic amines is 1. The number of aryl methyl sites for hydroxylation is 2. The zero-order chi connectivity index (χ0) is 19.6. The van der Waals surface area contributed by atoms with Gasteiger partial charge >= 0.3 is 0 Å². The van der Waals surface area contributed by atoms with E-state index in [1.54, 1.807) is 6.33 Å². The molecule has 6 nitrogen and oxygen atoms in total. The monoisotopic (exact) mass is 386 g/mol. The molecular formula is C23H26N6. The van der Waals surface area contributed by atoms with E-state index in [0.29, 0.717) is 6.04 Å². The summed E-state index contributed by atoms with van der Waals surface area (Å²) in [7, 11) is 2.12. The van der Waals surface area contributed by atoms with Crippen LogP contribution < -0.4 is 0 Å². The fourth-order valence-electron chi connectivity index (χ4n) is 4.49. The molecule has 1 aliphatic carbocycles. The normalized spacial score (nSPS) is 16.4. The molecular weight excluding hydrogens is 360 g/mol. The summed E-state index contributed by atoms with van der Waals surface area (Å²) >= 11 is 0. The van der Waals surface area contributed by atoms with E-state index in [4.69, 9.17) is 9.97 Å². The van der Waals surface area contributed by atoms with Crippen LogP contribution in [0.3, 0.4) is 0 Å². The van der Waals surface area contributed by atoms with Gasteiger partial charge in [0, 0.05) is 38.1 Å². The molecule has 6 heteroatoms. The van der Waals surface area contributed by atoms with Gasteiger partial charge in [-0.3, -0.25) is 9.88 Å². The van der Waals surface area contributed by atoms with Crippen LogP contribution in [0.25, 0.3) is 11.0 Å². The van der Waals surface area contributed by atoms with E-state index in [2.05, 4.69) is 62.9 Å². The summed E-state index contributed by atoms with van der Waals surface area (Å²) < 4.78 is 2.22. The maximum Gasteiger partial charge on any atom is 0.123 e. The van der Waals surface area contributed by atoms with Crippen LogP contribution in [-0.2, 0) is 26.4 Å². The highest BCUT2D eigenvalue weighted by Gasteiger charge is 2.28. The predicted octanol–water partition coefficient (Wildman–Crippen LogP) is 3.81. The van der Waals surface area contributed by atoms with Gasteiger partial charge in [0.1, 0.15) is 5.82 Å². The van der Waals surface area contributed by atoms with Gasteiger partial charge in [0.25, 0.3) is 0 Å². The molecule has 4 aromatic rings. The second-order valence-electron chi connectivity index (χ2n) is 7.83. The molecule has 0 aliphatic heterocycles. The van der Waals surface area contributed by atoms with Gasteiger partial charge in [0.05, 0.1) is 35.6 Å². The Hall–Kier alpha value is -2.99. The molecule has 0 unspecified atom stereocenters. The molecule has 0 amide bonds. The second-order valence-corrected chi connectivity index (χ2v) is 7.83. The van der Waals surface area contributed by atoms with Crippen LogP contribution >= 0.6 is 0 Å². The third-order valence-corrected chi connectivity index (χ3v) is 6.05. The number of aromatic nitrogens is 5. The summed E-state index contributed by atoms with van der Waals surface area (Å²) in [6, 6.07) is 13.0. The van der Waals surface area contributed by atoms with Crippen molar-refractivity contribution in [3.05, 3.63) is 77.9 Å². The molecule has 1 aromatic carbocycles. The van der Waals surface area contributed by atoms with E-state index < -0.39 is 0 Å². The van der Waals surface area contributed by atoms with Crippen molar-refractivity contribution in [3.8, 4) is 0 Å². The van der Waals surface area contributed by atoms with Crippen LogP contribution in [0.5, 0.6) is 0 Å². The van der Waals surface area contributed by atoms with Crippen LogP contribution in [0.15, 0.2) is 55.1 Å². The van der Waals surface area contributed by atoms with Gasteiger partial charge in [0.2, 0.25) is 0 Å². The van der Waals surface area contributed by atoms with Crippen LogP contribution in [0.4, 0.5) is 0 Å². The van der Waals surface area contributed by atoms with Crippen LogP contribution in [-0.4, -0.2) is 35.9 Å². The number of hydrogen-bond acceptors (Lipinski definition) is 4. The molecule has 148 valence electrons. The van der Waals surface area contributed by atoms with Crippen molar-refractivity contribution in [2.75, 3.05) is 6.54 Å². The molecule has 0 fully saturated rings. The van der Waals surface area contributed by atoms with Gasteiger partial charge in [-0.15, -0.1) is 0 Å². The fraction of sp³-hybridized carbons (Fsp3) is 0.348. The molecule has 1 atom stereocenters. The minimum Gasteiger partial charge on any atom is -0.348 e. The summed E-state index contributed by atoms with van der Waals surface area (Å²) in [5.41, 5.74) is 6.03. The lowest BCUT2D eigenvalue weighted by atomic mass is 9.90. The average Bonchev–Trinajstić information content (AvgIpc) is 3.39. The van der Waals surface area contributed by atoms with E-state index in [1.807, 2.05) is 12.4 Å². The third kappa shape index (κ3) is 3.56. The number of pyridine rings is 1. The van der Waals surface area contributed by atoms with Crippen molar-refractivity contribution in [2.45, 2.75) is 38.3 Å². The minimum absolute atomic E-state index is 0.322. The Morgan fingerprint density at radius 3 is 3.00 bits per heavy atom. The summed E-state index contributed by atoms with van der Waals surface area (Å²) in [6.45, 7) is 1.74. The van der Waals surface area contributed by atoms with E-state index in [1.165, 1.54) is 23.2 Å². The lowest BCUT2D eigenvalue weighted by Crippen LogP contribution is -2.34. The van der Waals surface area contributed by atoms with Gasteiger partial charge < -0.3 is 9.55 Å². The van der Waals surface area contributed by atoms with Gasteiger partial charge in [-0.05, 0) is 43.0 Å². The van der Waals surface area contributed by atoms with Gasteiger partial charge in [-0.2, -0.15) is 0 Å². The molecule has 5 rings (SSSR count). The smallest absolute Gasteiger partial charge is 0.123 e. The summed E-state index contributed by atoms with van der Waals surface area (Å²) in [4.78, 5) is 19.7. The van der Waals surface area contributed by atoms with E-state index >= 15 is 0 Å². The third-order valence-electron chi connectivity index (χ3n) is 6.05. The molecule has 3 aromatic heterocycles. The first kappa shape index (κ1) is 18.1. The topological polar surface area (TPSA) is 62.6 Å². The molecule has 0 spiro atoms. The Kier molecular flexibility index (Phi) is 4.86. The predicted molar refractivity (Wildman–Crippen MR) is 113 cm³/mol. The zero-order valence-corrected chi connectivity index (χ0v) is 16.8. The Labute approximate surface area is 170 Å². The van der Waals surface area contributed by atoms with Crippen molar-refractivity contribution in [1.29, 1.82) is 0 Å². The number of fused-ring (bicyclic) bond motifs is 2. The van der Waals surface area contributed by atoms with Gasteiger partial charge in [0.15, 0.2) is 0 Å². The average molecular weight is 387 g/mol. The SMILES string of the molecule is Cn1c(CN(CCc2cnc[nH]2)[C@H]2CCCc3cccnc32)nc2ccccc21. The lowest BCUT2D eigenvalue weighted by molar-refractivity contribution is 0.162. The van der Waals surface area contributed by atoms with Gasteiger partial charge in [-0.1, -0.05) is 18.2 Å². The highest BCUT2D eigenvalue weighted by atomic mass is 15.2. The molecule has 1 aliphatic rings. The van der Waals surface area contributed by atoms with Crippen molar-refractivity contribution in [2.24, 2.45) is 7.05 Å². The van der Waals surface area contributed by atoms with Crippen LogP contribution in [0.1, 0.15) is 41.7 Å². The highest BCUT2D eigenvalue weighted by Crippen LogP contribution is 2.34. The number of imidazole rings is 2. The first-order chi connectivity index (χ1) is 14.3. The number of benzene rings is 1. The van der Waals surface area contributed by atoms with Crippen molar-refractivity contribution < 1.29 is 0 Å². The minimum atomic E-state index is 0.322. The van der Waals surface area contributed by atoms with Crippen LogP contribution in [0, 0.1) is 0 Å². The van der Waals surface area contributed by atoms with Gasteiger partial charge in [-0.25, -0.2) is 9.97 Å². The summed E-state index contributed by atoms with van der Waals surface area (Å²) in [5, 5.41) is 0. The number of nitrogens with one attached hydrogen (secondary N) is 1. The summed E-state index contributed by atoms with van der Waals surface area (Å²) in [6.07, 6.45) is 9.99. The van der Waals surface area contributed by atoms with Crippen molar-refractivity contribution >= 4 is 11.0 Å². The van der Waals surface area contributed by atoms with E-state index in [-0.39, 0.29) is 0 Å². The largest absolute Gasteiger partial charge is 0.348 e. The summed E-state index contributed by atoms with van der Waals surface area (Å²) in [5.74, 6) is 1.10. The maximum atomic E-state index is 4.93. The van der Waals surface area contributed by atoms with Crippen LogP contribution in [0.2, 0.25) is 0 Å². The Balaban J connectivity index is 1.47.